The van der Waals surface area contributed by atoms with Crippen molar-refractivity contribution in [2.24, 2.45) is 5.73 Å². The molecule has 0 fully saturated rings. The summed E-state index contributed by atoms with van der Waals surface area (Å²) in [6, 6.07) is 12.8. The highest BCUT2D eigenvalue weighted by Crippen LogP contribution is 2.27. The molecule has 0 aliphatic heterocycles. The lowest BCUT2D eigenvalue weighted by atomic mass is 10.1. The maximum atomic E-state index is 12.9. The number of hydrogen-bond donors (Lipinski definition) is 1. The van der Waals surface area contributed by atoms with E-state index in [-0.39, 0.29) is 5.82 Å². The van der Waals surface area contributed by atoms with Gasteiger partial charge in [0.15, 0.2) is 0 Å². The van der Waals surface area contributed by atoms with Gasteiger partial charge < -0.3 is 10.6 Å². The molecule has 2 aromatic rings. The predicted octanol–water partition coefficient (Wildman–Crippen LogP) is 3.40. The molecule has 0 aromatic heterocycles. The van der Waals surface area contributed by atoms with Crippen molar-refractivity contribution in [1.29, 1.82) is 0 Å². The molecule has 0 bridgehead atoms. The number of nitrogens with two attached hydrogens (primary N) is 1. The van der Waals surface area contributed by atoms with Crippen LogP contribution in [0.4, 0.5) is 15.8 Å². The molecule has 0 amide bonds. The van der Waals surface area contributed by atoms with Gasteiger partial charge in [-0.3, -0.25) is 0 Å². The van der Waals surface area contributed by atoms with Crippen LogP contribution in [-0.4, -0.2) is 13.6 Å². The summed E-state index contributed by atoms with van der Waals surface area (Å²) in [6.45, 7) is 2.74. The third-order valence-corrected chi connectivity index (χ3v) is 3.27. The van der Waals surface area contributed by atoms with Gasteiger partial charge in [-0.05, 0) is 61.3 Å². The van der Waals surface area contributed by atoms with Crippen LogP contribution in [0.15, 0.2) is 42.5 Å². The average molecular weight is 258 g/mol. The molecule has 0 saturated carbocycles. The normalized spacial score (nSPS) is 10.5. The highest BCUT2D eigenvalue weighted by Gasteiger charge is 2.07. The Bertz CT molecular complexity index is 549. The van der Waals surface area contributed by atoms with Gasteiger partial charge >= 0.3 is 0 Å². The Kier molecular flexibility index (Phi) is 4.17. The van der Waals surface area contributed by atoms with Crippen LogP contribution in [0.1, 0.15) is 11.1 Å². The van der Waals surface area contributed by atoms with E-state index in [9.17, 15) is 4.39 Å². The van der Waals surface area contributed by atoms with Crippen LogP contribution < -0.4 is 10.6 Å². The van der Waals surface area contributed by atoms with E-state index in [1.165, 1.54) is 23.3 Å². The molecule has 0 saturated heterocycles. The van der Waals surface area contributed by atoms with Gasteiger partial charge in [0.2, 0.25) is 0 Å². The molecule has 0 aliphatic rings. The molecular weight excluding hydrogens is 239 g/mol. The first-order valence-electron chi connectivity index (χ1n) is 6.40. The minimum atomic E-state index is -0.216. The molecular formula is C16H19FN2. The van der Waals surface area contributed by atoms with Gasteiger partial charge in [0.1, 0.15) is 5.82 Å². The zero-order chi connectivity index (χ0) is 13.8. The standard InChI is InChI=1S/C16H19FN2/c1-12-11-13(9-10-18)3-8-16(12)19(2)15-6-4-14(17)5-7-15/h3-8,11H,9-10,18H2,1-2H3. The third-order valence-electron chi connectivity index (χ3n) is 3.27. The quantitative estimate of drug-likeness (QED) is 0.910. The van der Waals surface area contributed by atoms with E-state index < -0.39 is 0 Å². The van der Waals surface area contributed by atoms with E-state index >= 15 is 0 Å². The monoisotopic (exact) mass is 258 g/mol. The van der Waals surface area contributed by atoms with Gasteiger partial charge in [0, 0.05) is 18.4 Å². The van der Waals surface area contributed by atoms with Crippen molar-refractivity contribution in [2.75, 3.05) is 18.5 Å². The van der Waals surface area contributed by atoms with Gasteiger partial charge in [-0.1, -0.05) is 12.1 Å². The van der Waals surface area contributed by atoms with Gasteiger partial charge in [-0.15, -0.1) is 0 Å². The van der Waals surface area contributed by atoms with Crippen LogP contribution in [0.5, 0.6) is 0 Å². The summed E-state index contributed by atoms with van der Waals surface area (Å²) in [5.41, 5.74) is 10.1. The van der Waals surface area contributed by atoms with Crippen molar-refractivity contribution in [3.8, 4) is 0 Å². The molecule has 0 atom stereocenters. The molecule has 0 radical (unpaired) electrons. The van der Waals surface area contributed by atoms with Crippen LogP contribution >= 0.6 is 0 Å². The second-order valence-electron chi connectivity index (χ2n) is 4.69. The van der Waals surface area contributed by atoms with E-state index in [2.05, 4.69) is 30.0 Å². The van der Waals surface area contributed by atoms with E-state index in [1.54, 1.807) is 12.1 Å². The molecule has 2 rings (SSSR count). The maximum absolute atomic E-state index is 12.9. The summed E-state index contributed by atoms with van der Waals surface area (Å²) in [7, 11) is 1.98. The van der Waals surface area contributed by atoms with Crippen LogP contribution in [0.3, 0.4) is 0 Å². The van der Waals surface area contributed by atoms with Gasteiger partial charge in [0.25, 0.3) is 0 Å². The zero-order valence-corrected chi connectivity index (χ0v) is 11.4. The Morgan fingerprint density at radius 3 is 2.37 bits per heavy atom. The van der Waals surface area contributed by atoms with Crippen LogP contribution in [-0.2, 0) is 6.42 Å². The van der Waals surface area contributed by atoms with E-state index in [0.717, 1.165) is 17.8 Å². The van der Waals surface area contributed by atoms with Crippen molar-refractivity contribution < 1.29 is 4.39 Å². The minimum Gasteiger partial charge on any atom is -0.344 e. The number of aryl methyl sites for hydroxylation is 1. The summed E-state index contributed by atoms with van der Waals surface area (Å²) in [5, 5.41) is 0. The molecule has 100 valence electrons. The van der Waals surface area contributed by atoms with Crippen LogP contribution in [0, 0.1) is 12.7 Å². The Labute approximate surface area is 113 Å². The Hall–Kier alpha value is -1.87. The summed E-state index contributed by atoms with van der Waals surface area (Å²) < 4.78 is 12.9. The Balaban J connectivity index is 2.28. The van der Waals surface area contributed by atoms with E-state index in [0.29, 0.717) is 6.54 Å². The lowest BCUT2D eigenvalue weighted by molar-refractivity contribution is 0.628. The lowest BCUT2D eigenvalue weighted by Gasteiger charge is -2.22. The average Bonchev–Trinajstić information content (AvgIpc) is 2.39. The van der Waals surface area contributed by atoms with Gasteiger partial charge in [0.05, 0.1) is 0 Å². The number of halogens is 1. The summed E-state index contributed by atoms with van der Waals surface area (Å²) in [5.74, 6) is -0.216. The van der Waals surface area contributed by atoms with Crippen molar-refractivity contribution in [3.05, 3.63) is 59.4 Å². The minimum absolute atomic E-state index is 0.216. The highest BCUT2D eigenvalue weighted by atomic mass is 19.1. The van der Waals surface area contributed by atoms with Crippen LogP contribution in [0.25, 0.3) is 0 Å². The molecule has 3 heteroatoms. The number of hydrogen-bond acceptors (Lipinski definition) is 2. The van der Waals surface area contributed by atoms with Gasteiger partial charge in [-0.2, -0.15) is 0 Å². The predicted molar refractivity (Wildman–Crippen MR) is 78.4 cm³/mol. The zero-order valence-electron chi connectivity index (χ0n) is 11.4. The first-order chi connectivity index (χ1) is 9.11. The lowest BCUT2D eigenvalue weighted by Crippen LogP contribution is -2.11. The van der Waals surface area contributed by atoms with E-state index in [4.69, 9.17) is 5.73 Å². The number of rotatable bonds is 4. The second-order valence-corrected chi connectivity index (χ2v) is 4.69. The third kappa shape index (κ3) is 3.12. The largest absolute Gasteiger partial charge is 0.344 e. The first kappa shape index (κ1) is 13.6. The number of benzene rings is 2. The van der Waals surface area contributed by atoms with Gasteiger partial charge in [-0.25, -0.2) is 4.39 Å². The maximum Gasteiger partial charge on any atom is 0.123 e. The fraction of sp³-hybridized carbons (Fsp3) is 0.250. The molecule has 0 unspecified atom stereocenters. The highest BCUT2D eigenvalue weighted by molar-refractivity contribution is 5.65. The molecule has 0 aliphatic carbocycles. The Morgan fingerprint density at radius 1 is 1.11 bits per heavy atom. The van der Waals surface area contributed by atoms with Crippen molar-refractivity contribution >= 4 is 11.4 Å². The molecule has 2 aromatic carbocycles. The summed E-state index contributed by atoms with van der Waals surface area (Å²) in [6.07, 6.45) is 0.890. The van der Waals surface area contributed by atoms with Crippen molar-refractivity contribution in [3.63, 3.8) is 0 Å². The number of nitrogens with zero attached hydrogens (tertiary/aromatic N) is 1. The molecule has 2 N–H and O–H groups in total. The summed E-state index contributed by atoms with van der Waals surface area (Å²) in [4.78, 5) is 2.06. The SMILES string of the molecule is Cc1cc(CCN)ccc1N(C)c1ccc(F)cc1. The number of anilines is 2. The molecule has 0 heterocycles. The molecule has 19 heavy (non-hydrogen) atoms. The first-order valence-corrected chi connectivity index (χ1v) is 6.40. The fourth-order valence-corrected chi connectivity index (χ4v) is 2.22. The molecule has 0 spiro atoms. The topological polar surface area (TPSA) is 29.3 Å². The van der Waals surface area contributed by atoms with Crippen molar-refractivity contribution in [2.45, 2.75) is 13.3 Å². The van der Waals surface area contributed by atoms with E-state index in [1.807, 2.05) is 7.05 Å². The van der Waals surface area contributed by atoms with Crippen molar-refractivity contribution in [1.82, 2.24) is 0 Å². The van der Waals surface area contributed by atoms with Crippen LogP contribution in [0.2, 0.25) is 0 Å². The second kappa shape index (κ2) is 5.85. The Morgan fingerprint density at radius 2 is 1.79 bits per heavy atom. The molecule has 2 nitrogen and oxygen atoms in total. The fourth-order valence-electron chi connectivity index (χ4n) is 2.22. The summed E-state index contributed by atoms with van der Waals surface area (Å²) >= 11 is 0. The smallest absolute Gasteiger partial charge is 0.123 e.